The molecule has 1 aliphatic rings. The number of carbonyl (C=O) groups is 2. The number of nitrogens with one attached hydrogen (secondary N) is 2. The fourth-order valence-corrected chi connectivity index (χ4v) is 4.40. The molecule has 210 valence electrons. The molecule has 0 bridgehead atoms. The van der Waals surface area contributed by atoms with E-state index in [1.54, 1.807) is 20.8 Å². The summed E-state index contributed by atoms with van der Waals surface area (Å²) in [6.07, 6.45) is -1.27. The fourth-order valence-electron chi connectivity index (χ4n) is 4.40. The van der Waals surface area contributed by atoms with Crippen molar-refractivity contribution in [2.75, 3.05) is 30.3 Å². The van der Waals surface area contributed by atoms with E-state index >= 15 is 4.39 Å². The number of benzene rings is 2. The predicted molar refractivity (Wildman–Crippen MR) is 139 cm³/mol. The number of nitrogens with zero attached hydrogens (tertiary/aromatic N) is 4. The lowest BCUT2D eigenvalue weighted by atomic mass is 10.2. The highest BCUT2D eigenvalue weighted by Gasteiger charge is 2.30. The molecular weight excluding hydrogens is 533 g/mol. The molecule has 11 nitrogen and oxygen atoms in total. The van der Waals surface area contributed by atoms with Crippen molar-refractivity contribution in [2.24, 2.45) is 0 Å². The first-order chi connectivity index (χ1) is 19.0. The molecule has 14 heteroatoms. The Morgan fingerprint density at radius 1 is 1.07 bits per heavy atom. The largest absolute Gasteiger partial charge is 0.365 e. The second-order valence-corrected chi connectivity index (χ2v) is 9.29. The SMILES string of the molecule is CCn1c(=O)c2cc(NC(=O)N3CCO[C@@H](C(=O)Nc4cc(F)c(C#N)cc4F)C3)c(F)cc2n(C(C)C)c1=O. The first kappa shape index (κ1) is 28.4. The molecule has 4 rings (SSSR count). The van der Waals surface area contributed by atoms with Gasteiger partial charge in [-0.3, -0.25) is 18.7 Å². The van der Waals surface area contributed by atoms with Crippen molar-refractivity contribution in [2.45, 2.75) is 39.5 Å². The van der Waals surface area contributed by atoms with E-state index in [0.717, 1.165) is 21.6 Å². The molecule has 0 spiro atoms. The maximum absolute atomic E-state index is 15.1. The van der Waals surface area contributed by atoms with Crippen LogP contribution in [-0.2, 0) is 16.1 Å². The number of hydrogen-bond acceptors (Lipinski definition) is 6. The number of nitriles is 1. The number of fused-ring (bicyclic) bond motifs is 1. The second kappa shape index (κ2) is 11.2. The van der Waals surface area contributed by atoms with Crippen LogP contribution in [0.5, 0.6) is 0 Å². The normalized spacial score (nSPS) is 15.2. The van der Waals surface area contributed by atoms with Crippen molar-refractivity contribution in [3.63, 3.8) is 0 Å². The molecule has 0 aliphatic carbocycles. The Balaban J connectivity index is 1.55. The van der Waals surface area contributed by atoms with Crippen molar-refractivity contribution in [3.05, 3.63) is 68.1 Å². The Morgan fingerprint density at radius 3 is 2.40 bits per heavy atom. The third kappa shape index (κ3) is 5.28. The minimum Gasteiger partial charge on any atom is -0.365 e. The Hall–Kier alpha value is -4.64. The number of morpholine rings is 1. The first-order valence-electron chi connectivity index (χ1n) is 12.3. The van der Waals surface area contributed by atoms with Crippen LogP contribution in [0, 0.1) is 28.8 Å². The number of halogens is 3. The number of hydrogen-bond donors (Lipinski definition) is 2. The monoisotopic (exact) mass is 558 g/mol. The van der Waals surface area contributed by atoms with E-state index in [-0.39, 0.29) is 48.9 Å². The average Bonchev–Trinajstić information content (AvgIpc) is 2.91. The first-order valence-corrected chi connectivity index (χ1v) is 12.3. The van der Waals surface area contributed by atoms with Crippen LogP contribution in [0.15, 0.2) is 33.9 Å². The molecular formula is C26H25F3N6O5. The van der Waals surface area contributed by atoms with Crippen LogP contribution in [0.2, 0.25) is 0 Å². The van der Waals surface area contributed by atoms with Crippen molar-refractivity contribution < 1.29 is 27.5 Å². The molecule has 2 aromatic carbocycles. The van der Waals surface area contributed by atoms with Crippen LogP contribution in [-0.4, -0.2) is 51.8 Å². The highest BCUT2D eigenvalue weighted by molar-refractivity contribution is 5.96. The van der Waals surface area contributed by atoms with Crippen LogP contribution in [0.25, 0.3) is 10.9 Å². The topological polar surface area (TPSA) is 138 Å². The third-order valence-corrected chi connectivity index (χ3v) is 6.41. The fraction of sp³-hybridized carbons (Fsp3) is 0.346. The van der Waals surface area contributed by atoms with E-state index in [9.17, 15) is 28.0 Å². The van der Waals surface area contributed by atoms with Gasteiger partial charge in [-0.15, -0.1) is 0 Å². The van der Waals surface area contributed by atoms with Gasteiger partial charge in [0.15, 0.2) is 6.10 Å². The molecule has 0 unspecified atom stereocenters. The van der Waals surface area contributed by atoms with E-state index in [1.165, 1.54) is 10.6 Å². The van der Waals surface area contributed by atoms with E-state index in [2.05, 4.69) is 10.6 Å². The van der Waals surface area contributed by atoms with Crippen molar-refractivity contribution in [1.29, 1.82) is 5.26 Å². The average molecular weight is 559 g/mol. The van der Waals surface area contributed by atoms with Gasteiger partial charge in [-0.05, 0) is 32.9 Å². The number of ether oxygens (including phenoxy) is 1. The smallest absolute Gasteiger partial charge is 0.331 e. The molecule has 1 fully saturated rings. The molecule has 1 aliphatic heterocycles. The van der Waals surface area contributed by atoms with Gasteiger partial charge in [-0.2, -0.15) is 5.26 Å². The summed E-state index contributed by atoms with van der Waals surface area (Å²) in [7, 11) is 0. The zero-order valence-electron chi connectivity index (χ0n) is 21.8. The molecule has 2 N–H and O–H groups in total. The van der Waals surface area contributed by atoms with Crippen LogP contribution in [0.4, 0.5) is 29.3 Å². The van der Waals surface area contributed by atoms with Crippen molar-refractivity contribution in [3.8, 4) is 6.07 Å². The zero-order valence-corrected chi connectivity index (χ0v) is 21.8. The van der Waals surface area contributed by atoms with Gasteiger partial charge in [-0.1, -0.05) is 0 Å². The zero-order chi connectivity index (χ0) is 29.3. The number of urea groups is 1. The summed E-state index contributed by atoms with van der Waals surface area (Å²) >= 11 is 0. The Labute approximate surface area is 225 Å². The molecule has 2 heterocycles. The van der Waals surface area contributed by atoms with Gasteiger partial charge < -0.3 is 20.3 Å². The van der Waals surface area contributed by atoms with Crippen LogP contribution in [0.1, 0.15) is 32.4 Å². The highest BCUT2D eigenvalue weighted by atomic mass is 19.1. The Bertz CT molecular complexity index is 1680. The van der Waals surface area contributed by atoms with Gasteiger partial charge in [0.25, 0.3) is 11.5 Å². The van der Waals surface area contributed by atoms with Gasteiger partial charge in [0.05, 0.1) is 41.0 Å². The summed E-state index contributed by atoms with van der Waals surface area (Å²) in [6, 6.07) is 3.77. The van der Waals surface area contributed by atoms with E-state index < -0.39 is 58.0 Å². The minimum absolute atomic E-state index is 0.0280. The summed E-state index contributed by atoms with van der Waals surface area (Å²) in [5, 5.41) is 13.4. The third-order valence-electron chi connectivity index (χ3n) is 6.41. The van der Waals surface area contributed by atoms with E-state index in [0.29, 0.717) is 12.1 Å². The van der Waals surface area contributed by atoms with E-state index in [1.807, 2.05) is 0 Å². The number of amides is 3. The van der Waals surface area contributed by atoms with Gasteiger partial charge in [0.1, 0.15) is 23.5 Å². The molecule has 3 aromatic rings. The van der Waals surface area contributed by atoms with Gasteiger partial charge in [-0.25, -0.2) is 22.8 Å². The van der Waals surface area contributed by atoms with Crippen LogP contribution >= 0.6 is 0 Å². The molecule has 0 radical (unpaired) electrons. The summed E-state index contributed by atoms with van der Waals surface area (Å²) < 4.78 is 50.8. The van der Waals surface area contributed by atoms with Crippen LogP contribution < -0.4 is 21.9 Å². The molecule has 3 amide bonds. The molecule has 1 atom stereocenters. The molecule has 1 aromatic heterocycles. The number of carbonyl (C=O) groups excluding carboxylic acids is 2. The summed E-state index contributed by atoms with van der Waals surface area (Å²) in [5.41, 5.74) is -2.48. The second-order valence-electron chi connectivity index (χ2n) is 9.29. The maximum atomic E-state index is 15.1. The van der Waals surface area contributed by atoms with Gasteiger partial charge in [0.2, 0.25) is 0 Å². The van der Waals surface area contributed by atoms with Gasteiger partial charge >= 0.3 is 11.7 Å². The number of anilines is 2. The molecule has 0 saturated carbocycles. The lowest BCUT2D eigenvalue weighted by Gasteiger charge is -2.32. The van der Waals surface area contributed by atoms with Crippen LogP contribution in [0.3, 0.4) is 0 Å². The van der Waals surface area contributed by atoms with Crippen molar-refractivity contribution >= 4 is 34.2 Å². The maximum Gasteiger partial charge on any atom is 0.331 e. The Morgan fingerprint density at radius 2 is 1.75 bits per heavy atom. The molecule has 1 saturated heterocycles. The quantitative estimate of drug-likeness (QED) is 0.494. The standard InChI is InChI=1S/C26H25F3N6O5/c1-4-34-24(37)15-8-19(18(29)10-21(15)35(13(2)3)26(34)39)32-25(38)33-5-6-40-22(12-33)23(36)31-20-9-16(27)14(11-30)7-17(20)28/h7-10,13,22H,4-6,12H2,1-3H3,(H,31,36)(H,32,38)/t22-/m1/s1. The highest BCUT2D eigenvalue weighted by Crippen LogP contribution is 2.23. The summed E-state index contributed by atoms with van der Waals surface area (Å²) in [5.74, 6) is -3.82. The van der Waals surface area contributed by atoms with Gasteiger partial charge in [0, 0.05) is 31.3 Å². The number of rotatable bonds is 5. The summed E-state index contributed by atoms with van der Waals surface area (Å²) in [6.45, 7) is 4.80. The lowest BCUT2D eigenvalue weighted by molar-refractivity contribution is -0.131. The number of aromatic nitrogens is 2. The minimum atomic E-state index is -1.27. The van der Waals surface area contributed by atoms with E-state index in [4.69, 9.17) is 10.00 Å². The summed E-state index contributed by atoms with van der Waals surface area (Å²) in [4.78, 5) is 52.5. The Kier molecular flexibility index (Phi) is 7.96. The lowest BCUT2D eigenvalue weighted by Crippen LogP contribution is -2.51. The van der Waals surface area contributed by atoms with Crippen molar-refractivity contribution in [1.82, 2.24) is 14.0 Å². The molecule has 40 heavy (non-hydrogen) atoms. The predicted octanol–water partition coefficient (Wildman–Crippen LogP) is 2.92.